The number of halogens is 7. The minimum atomic E-state index is -4.76. The van der Waals surface area contributed by atoms with Crippen molar-refractivity contribution in [3.05, 3.63) is 64.7 Å². The van der Waals surface area contributed by atoms with Gasteiger partial charge in [-0.15, -0.1) is 0 Å². The average Bonchev–Trinajstić information content (AvgIpc) is 3.57. The molecule has 0 unspecified atom stereocenters. The fraction of sp³-hybridized carbons (Fsp3) is 0.458. The summed E-state index contributed by atoms with van der Waals surface area (Å²) in [5.74, 6) is -2.71. The van der Waals surface area contributed by atoms with E-state index in [4.69, 9.17) is 0 Å². The average molecular weight is 517 g/mol. The number of aromatic nitrogens is 1. The van der Waals surface area contributed by atoms with Crippen molar-refractivity contribution >= 4 is 11.8 Å². The Balaban J connectivity index is 1.56. The zero-order valence-electron chi connectivity index (χ0n) is 19.0. The molecule has 2 heterocycles. The summed E-state index contributed by atoms with van der Waals surface area (Å²) in [5, 5.41) is 2.68. The predicted molar refractivity (Wildman–Crippen MR) is 113 cm³/mol. The molecule has 1 aliphatic heterocycles. The number of carbonyl (C=O) groups is 2. The van der Waals surface area contributed by atoms with Gasteiger partial charge in [0.1, 0.15) is 17.6 Å². The number of benzene rings is 1. The molecular weight excluding hydrogens is 495 g/mol. The van der Waals surface area contributed by atoms with E-state index in [1.807, 2.05) is 0 Å². The summed E-state index contributed by atoms with van der Waals surface area (Å²) in [5.41, 5.74) is -2.77. The summed E-state index contributed by atoms with van der Waals surface area (Å²) < 4.78 is 92.6. The SMILES string of the molecule is C[C@@H]1CC[C@H](C(=O)N[C@@H](c2ccc(C(F)(F)F)cc2F)C2CC2)N1C(=O)c1ccnc(C(F)(F)F)c1. The second-order valence-electron chi connectivity index (χ2n) is 9.14. The quantitative estimate of drug-likeness (QED) is 0.532. The van der Waals surface area contributed by atoms with Gasteiger partial charge in [0, 0.05) is 23.4 Å². The highest BCUT2D eigenvalue weighted by molar-refractivity contribution is 5.98. The van der Waals surface area contributed by atoms with Gasteiger partial charge in [-0.25, -0.2) is 4.39 Å². The number of nitrogens with zero attached hydrogens (tertiary/aromatic N) is 2. The Morgan fingerprint density at radius 2 is 1.69 bits per heavy atom. The summed E-state index contributed by atoms with van der Waals surface area (Å²) in [6.45, 7) is 1.66. The third-order valence-corrected chi connectivity index (χ3v) is 6.56. The van der Waals surface area contributed by atoms with Gasteiger partial charge in [-0.05, 0) is 62.8 Å². The van der Waals surface area contributed by atoms with Gasteiger partial charge in [-0.2, -0.15) is 26.3 Å². The fourth-order valence-corrected chi connectivity index (χ4v) is 4.54. The van der Waals surface area contributed by atoms with Crippen LogP contribution in [-0.4, -0.2) is 33.8 Å². The molecule has 2 amide bonds. The van der Waals surface area contributed by atoms with Crippen LogP contribution >= 0.6 is 0 Å². The van der Waals surface area contributed by atoms with Gasteiger partial charge in [0.2, 0.25) is 5.91 Å². The number of alkyl halides is 6. The molecule has 1 aliphatic carbocycles. The number of nitrogens with one attached hydrogen (secondary N) is 1. The molecule has 36 heavy (non-hydrogen) atoms. The Labute approximate surface area is 201 Å². The van der Waals surface area contributed by atoms with E-state index in [-0.39, 0.29) is 23.5 Å². The predicted octanol–water partition coefficient (Wildman–Crippen LogP) is 5.52. The van der Waals surface area contributed by atoms with Crippen LogP contribution in [0, 0.1) is 11.7 Å². The van der Waals surface area contributed by atoms with Crippen LogP contribution in [-0.2, 0) is 17.1 Å². The first-order chi connectivity index (χ1) is 16.8. The molecule has 4 rings (SSSR count). The van der Waals surface area contributed by atoms with E-state index in [2.05, 4.69) is 10.3 Å². The number of pyridine rings is 1. The molecule has 2 aliphatic rings. The van der Waals surface area contributed by atoms with Gasteiger partial charge in [-0.1, -0.05) is 6.07 Å². The molecule has 5 nitrogen and oxygen atoms in total. The van der Waals surface area contributed by atoms with E-state index in [1.165, 1.54) is 4.90 Å². The topological polar surface area (TPSA) is 62.3 Å². The van der Waals surface area contributed by atoms with Crippen molar-refractivity contribution in [1.82, 2.24) is 15.2 Å². The lowest BCUT2D eigenvalue weighted by Crippen LogP contribution is -2.49. The van der Waals surface area contributed by atoms with Crippen LogP contribution in [0.2, 0.25) is 0 Å². The Bertz CT molecular complexity index is 1160. The molecular formula is C24H22F7N3O2. The van der Waals surface area contributed by atoms with Crippen molar-refractivity contribution < 1.29 is 40.3 Å². The fourth-order valence-electron chi connectivity index (χ4n) is 4.54. The van der Waals surface area contributed by atoms with Crippen LogP contribution in [0.25, 0.3) is 0 Å². The van der Waals surface area contributed by atoms with Crippen molar-refractivity contribution in [3.63, 3.8) is 0 Å². The molecule has 3 atom stereocenters. The number of hydrogen-bond donors (Lipinski definition) is 1. The van der Waals surface area contributed by atoms with Crippen molar-refractivity contribution in [3.8, 4) is 0 Å². The number of hydrogen-bond acceptors (Lipinski definition) is 3. The van der Waals surface area contributed by atoms with Gasteiger partial charge in [-0.3, -0.25) is 14.6 Å². The Hall–Kier alpha value is -3.18. The number of amides is 2. The molecule has 1 N–H and O–H groups in total. The third kappa shape index (κ3) is 5.31. The van der Waals surface area contributed by atoms with Gasteiger partial charge < -0.3 is 10.2 Å². The molecule has 1 aromatic heterocycles. The molecule has 0 radical (unpaired) electrons. The van der Waals surface area contributed by atoms with Crippen molar-refractivity contribution in [2.75, 3.05) is 0 Å². The molecule has 2 fully saturated rings. The van der Waals surface area contributed by atoms with Crippen LogP contribution in [0.3, 0.4) is 0 Å². The largest absolute Gasteiger partial charge is 0.433 e. The van der Waals surface area contributed by atoms with E-state index in [1.54, 1.807) is 6.92 Å². The van der Waals surface area contributed by atoms with E-state index < -0.39 is 59.4 Å². The third-order valence-electron chi connectivity index (χ3n) is 6.56. The summed E-state index contributed by atoms with van der Waals surface area (Å²) in [6, 6.07) is 1.48. The smallest absolute Gasteiger partial charge is 0.347 e. The van der Waals surface area contributed by atoms with Crippen LogP contribution in [0.4, 0.5) is 30.7 Å². The lowest BCUT2D eigenvalue weighted by molar-refractivity contribution is -0.141. The molecule has 2 aromatic rings. The summed E-state index contributed by atoms with van der Waals surface area (Å²) in [6.07, 6.45) is -6.72. The number of likely N-dealkylation sites (tertiary alicyclic amines) is 1. The number of rotatable bonds is 5. The molecule has 0 bridgehead atoms. The molecule has 0 spiro atoms. The second kappa shape index (κ2) is 9.36. The first-order valence-corrected chi connectivity index (χ1v) is 11.3. The Morgan fingerprint density at radius 1 is 1.00 bits per heavy atom. The maximum absolute atomic E-state index is 14.7. The molecule has 1 saturated carbocycles. The highest BCUT2D eigenvalue weighted by Gasteiger charge is 2.43. The standard InChI is InChI=1S/C24H22F7N3O2/c1-12-2-7-18(34(12)22(36)14-8-9-32-19(10-14)24(29,30)31)21(35)33-20(13-3-4-13)16-6-5-15(11-17(16)25)23(26,27)28/h5-6,8-13,18,20H,2-4,7H2,1H3,(H,33,35)/t12-,18-,20-/m1/s1. The van der Waals surface area contributed by atoms with Gasteiger partial charge in [0.25, 0.3) is 5.91 Å². The highest BCUT2D eigenvalue weighted by Crippen LogP contribution is 2.43. The lowest BCUT2D eigenvalue weighted by Gasteiger charge is -2.30. The van der Waals surface area contributed by atoms with Gasteiger partial charge in [0.15, 0.2) is 0 Å². The Kier molecular flexibility index (Phi) is 6.74. The number of carbonyl (C=O) groups excluding carboxylic acids is 2. The first-order valence-electron chi connectivity index (χ1n) is 11.3. The minimum absolute atomic E-state index is 0.0910. The lowest BCUT2D eigenvalue weighted by atomic mass is 9.99. The second-order valence-corrected chi connectivity index (χ2v) is 9.14. The van der Waals surface area contributed by atoms with Crippen LogP contribution < -0.4 is 5.32 Å². The van der Waals surface area contributed by atoms with Crippen LogP contribution in [0.15, 0.2) is 36.5 Å². The van der Waals surface area contributed by atoms with Gasteiger partial charge in [0.05, 0.1) is 11.6 Å². The summed E-state index contributed by atoms with van der Waals surface area (Å²) in [7, 11) is 0. The van der Waals surface area contributed by atoms with E-state index in [9.17, 15) is 40.3 Å². The summed E-state index contributed by atoms with van der Waals surface area (Å²) in [4.78, 5) is 30.8. The first kappa shape index (κ1) is 25.9. The molecule has 1 aromatic carbocycles. The van der Waals surface area contributed by atoms with Crippen LogP contribution in [0.1, 0.15) is 65.8 Å². The molecule has 194 valence electrons. The normalized spacial score (nSPS) is 21.4. The molecule has 12 heteroatoms. The molecule has 1 saturated heterocycles. The summed E-state index contributed by atoms with van der Waals surface area (Å²) >= 11 is 0. The maximum Gasteiger partial charge on any atom is 0.433 e. The van der Waals surface area contributed by atoms with Gasteiger partial charge >= 0.3 is 12.4 Å². The van der Waals surface area contributed by atoms with Crippen LogP contribution in [0.5, 0.6) is 0 Å². The highest BCUT2D eigenvalue weighted by atomic mass is 19.4. The maximum atomic E-state index is 14.7. The van der Waals surface area contributed by atoms with Crippen molar-refractivity contribution in [1.29, 1.82) is 0 Å². The van der Waals surface area contributed by atoms with Crippen molar-refractivity contribution in [2.24, 2.45) is 5.92 Å². The zero-order chi connectivity index (χ0) is 26.4. The zero-order valence-corrected chi connectivity index (χ0v) is 19.0. The van der Waals surface area contributed by atoms with E-state index in [0.29, 0.717) is 31.4 Å². The Morgan fingerprint density at radius 3 is 2.28 bits per heavy atom. The minimum Gasteiger partial charge on any atom is -0.347 e. The van der Waals surface area contributed by atoms with E-state index in [0.717, 1.165) is 24.4 Å². The van der Waals surface area contributed by atoms with Crippen molar-refractivity contribution in [2.45, 2.75) is 63.1 Å². The van der Waals surface area contributed by atoms with E-state index >= 15 is 0 Å². The monoisotopic (exact) mass is 517 g/mol.